The van der Waals surface area contributed by atoms with Crippen LogP contribution in [0.1, 0.15) is 18.9 Å². The molecule has 2 unspecified atom stereocenters. The molecule has 2 rings (SSSR count). The van der Waals surface area contributed by atoms with Crippen molar-refractivity contribution in [2.75, 3.05) is 0 Å². The lowest BCUT2D eigenvalue weighted by Crippen LogP contribution is -2.28. The van der Waals surface area contributed by atoms with Crippen molar-refractivity contribution in [3.8, 4) is 11.1 Å². The van der Waals surface area contributed by atoms with Gasteiger partial charge >= 0.3 is 5.97 Å². The zero-order valence-electron chi connectivity index (χ0n) is 12.8. The van der Waals surface area contributed by atoms with Crippen LogP contribution >= 0.6 is 23.2 Å². The summed E-state index contributed by atoms with van der Waals surface area (Å²) in [6.45, 7) is 1.67. The van der Waals surface area contributed by atoms with Gasteiger partial charge in [-0.05, 0) is 42.2 Å². The minimum absolute atomic E-state index is 0.179. The van der Waals surface area contributed by atoms with Crippen molar-refractivity contribution in [3.05, 3.63) is 58.1 Å². The fraction of sp³-hybridized carbons (Fsp3) is 0.278. The summed E-state index contributed by atoms with van der Waals surface area (Å²) in [5.74, 6) is -1.25. The molecule has 0 fully saturated rings. The van der Waals surface area contributed by atoms with Crippen molar-refractivity contribution in [3.63, 3.8) is 0 Å². The number of rotatable bonds is 6. The number of nitrogens with two attached hydrogens (primary N) is 1. The van der Waals surface area contributed by atoms with Crippen molar-refractivity contribution >= 4 is 29.2 Å². The summed E-state index contributed by atoms with van der Waals surface area (Å²) in [6, 6.07) is 13.1. The van der Waals surface area contributed by atoms with Crippen LogP contribution in [0.4, 0.5) is 0 Å². The van der Waals surface area contributed by atoms with Gasteiger partial charge < -0.3 is 10.8 Å². The molecular formula is C18H19Cl2NO2. The fourth-order valence-corrected chi connectivity index (χ4v) is 2.88. The number of carboxylic acids is 1. The molecular weight excluding hydrogens is 333 g/mol. The van der Waals surface area contributed by atoms with E-state index in [9.17, 15) is 4.79 Å². The van der Waals surface area contributed by atoms with E-state index in [-0.39, 0.29) is 6.04 Å². The van der Waals surface area contributed by atoms with Crippen LogP contribution in [0, 0.1) is 5.92 Å². The van der Waals surface area contributed by atoms with Crippen molar-refractivity contribution in [2.45, 2.75) is 25.8 Å². The molecule has 23 heavy (non-hydrogen) atoms. The number of hydrogen-bond acceptors (Lipinski definition) is 2. The Balaban J connectivity index is 2.07. The van der Waals surface area contributed by atoms with Gasteiger partial charge in [0.15, 0.2) is 0 Å². The molecule has 0 radical (unpaired) electrons. The van der Waals surface area contributed by atoms with Crippen LogP contribution in [-0.4, -0.2) is 17.1 Å². The number of hydrogen-bond donors (Lipinski definition) is 2. The summed E-state index contributed by atoms with van der Waals surface area (Å²) < 4.78 is 0. The van der Waals surface area contributed by atoms with Crippen LogP contribution in [0.2, 0.25) is 10.0 Å². The van der Waals surface area contributed by atoms with Crippen molar-refractivity contribution in [2.24, 2.45) is 11.7 Å². The van der Waals surface area contributed by atoms with E-state index in [1.54, 1.807) is 19.1 Å². The summed E-state index contributed by atoms with van der Waals surface area (Å²) in [5, 5.41) is 10.2. The highest BCUT2D eigenvalue weighted by molar-refractivity contribution is 6.35. The molecule has 3 nitrogen and oxygen atoms in total. The van der Waals surface area contributed by atoms with Crippen LogP contribution in [0.25, 0.3) is 11.1 Å². The van der Waals surface area contributed by atoms with Crippen molar-refractivity contribution < 1.29 is 9.90 Å². The Morgan fingerprint density at radius 2 is 1.83 bits per heavy atom. The molecule has 2 atom stereocenters. The van der Waals surface area contributed by atoms with E-state index in [2.05, 4.69) is 0 Å². The van der Waals surface area contributed by atoms with E-state index >= 15 is 0 Å². The third-order valence-electron chi connectivity index (χ3n) is 3.77. The summed E-state index contributed by atoms with van der Waals surface area (Å²) >= 11 is 12.2. The Bertz CT molecular complexity index is 686. The van der Waals surface area contributed by atoms with Gasteiger partial charge in [-0.3, -0.25) is 4.79 Å². The standard InChI is InChI=1S/C18H19Cl2NO2/c1-11(18(22)23)8-15(21)9-12-2-4-13(5-3-12)16-10-14(19)6-7-17(16)20/h2-7,10-11,15H,8-9,21H2,1H3,(H,22,23). The van der Waals surface area contributed by atoms with Crippen LogP contribution < -0.4 is 5.73 Å². The number of carbonyl (C=O) groups is 1. The van der Waals surface area contributed by atoms with E-state index in [1.165, 1.54) is 0 Å². The maximum absolute atomic E-state index is 10.9. The van der Waals surface area contributed by atoms with Gasteiger partial charge in [-0.15, -0.1) is 0 Å². The molecule has 0 aromatic heterocycles. The van der Waals surface area contributed by atoms with Crippen molar-refractivity contribution in [1.29, 1.82) is 0 Å². The van der Waals surface area contributed by atoms with Gasteiger partial charge in [-0.25, -0.2) is 0 Å². The molecule has 0 aliphatic heterocycles. The van der Waals surface area contributed by atoms with Crippen LogP contribution in [0.3, 0.4) is 0 Å². The maximum atomic E-state index is 10.9. The molecule has 3 N–H and O–H groups in total. The van der Waals surface area contributed by atoms with Gasteiger partial charge in [0.1, 0.15) is 0 Å². The first kappa shape index (κ1) is 17.8. The minimum Gasteiger partial charge on any atom is -0.481 e. The van der Waals surface area contributed by atoms with Gasteiger partial charge in [0, 0.05) is 21.7 Å². The molecule has 122 valence electrons. The third kappa shape index (κ3) is 4.96. The Hall–Kier alpha value is -1.55. The summed E-state index contributed by atoms with van der Waals surface area (Å²) in [6.07, 6.45) is 1.10. The molecule has 5 heteroatoms. The minimum atomic E-state index is -0.814. The summed E-state index contributed by atoms with van der Waals surface area (Å²) in [4.78, 5) is 10.9. The Labute approximate surface area is 146 Å². The molecule has 2 aromatic carbocycles. The second kappa shape index (κ2) is 7.82. The lowest BCUT2D eigenvalue weighted by molar-refractivity contribution is -0.141. The van der Waals surface area contributed by atoms with Gasteiger partial charge in [0.2, 0.25) is 0 Å². The Morgan fingerprint density at radius 3 is 2.43 bits per heavy atom. The van der Waals surface area contributed by atoms with Gasteiger partial charge in [-0.2, -0.15) is 0 Å². The van der Waals surface area contributed by atoms with Gasteiger partial charge in [0.05, 0.1) is 5.92 Å². The van der Waals surface area contributed by atoms with E-state index in [0.29, 0.717) is 22.9 Å². The van der Waals surface area contributed by atoms with Crippen LogP contribution in [0.5, 0.6) is 0 Å². The number of halogens is 2. The second-order valence-electron chi connectivity index (χ2n) is 5.76. The molecule has 0 heterocycles. The normalized spacial score (nSPS) is 13.6. The first-order chi connectivity index (χ1) is 10.9. The number of aliphatic carboxylic acids is 1. The number of carboxylic acid groups (broad SMARTS) is 1. The van der Waals surface area contributed by atoms with E-state index in [1.807, 2.05) is 30.3 Å². The predicted molar refractivity (Wildman–Crippen MR) is 95.0 cm³/mol. The fourth-order valence-electron chi connectivity index (χ4n) is 2.48. The Morgan fingerprint density at radius 1 is 1.17 bits per heavy atom. The quantitative estimate of drug-likeness (QED) is 0.796. The highest BCUT2D eigenvalue weighted by atomic mass is 35.5. The maximum Gasteiger partial charge on any atom is 0.306 e. The average molecular weight is 352 g/mol. The highest BCUT2D eigenvalue weighted by Gasteiger charge is 2.15. The topological polar surface area (TPSA) is 63.3 Å². The zero-order valence-corrected chi connectivity index (χ0v) is 14.3. The smallest absolute Gasteiger partial charge is 0.306 e. The van der Waals surface area contributed by atoms with E-state index < -0.39 is 11.9 Å². The van der Waals surface area contributed by atoms with E-state index in [0.717, 1.165) is 16.7 Å². The summed E-state index contributed by atoms with van der Waals surface area (Å²) in [5.41, 5.74) is 8.97. The SMILES string of the molecule is CC(CC(N)Cc1ccc(-c2cc(Cl)ccc2Cl)cc1)C(=O)O. The van der Waals surface area contributed by atoms with E-state index in [4.69, 9.17) is 34.0 Å². The third-order valence-corrected chi connectivity index (χ3v) is 4.33. The predicted octanol–water partition coefficient (Wildman–Crippen LogP) is 4.64. The van der Waals surface area contributed by atoms with Crippen LogP contribution in [-0.2, 0) is 11.2 Å². The molecule has 0 spiro atoms. The zero-order chi connectivity index (χ0) is 17.0. The lowest BCUT2D eigenvalue weighted by atomic mass is 9.95. The average Bonchev–Trinajstić information content (AvgIpc) is 2.50. The molecule has 0 aliphatic rings. The van der Waals surface area contributed by atoms with Gasteiger partial charge in [-0.1, -0.05) is 54.4 Å². The monoisotopic (exact) mass is 351 g/mol. The van der Waals surface area contributed by atoms with Crippen molar-refractivity contribution in [1.82, 2.24) is 0 Å². The first-order valence-corrected chi connectivity index (χ1v) is 8.15. The molecule has 0 saturated carbocycles. The lowest BCUT2D eigenvalue weighted by Gasteiger charge is -2.14. The second-order valence-corrected chi connectivity index (χ2v) is 6.60. The largest absolute Gasteiger partial charge is 0.481 e. The van der Waals surface area contributed by atoms with Crippen LogP contribution in [0.15, 0.2) is 42.5 Å². The molecule has 0 bridgehead atoms. The summed E-state index contributed by atoms with van der Waals surface area (Å²) in [7, 11) is 0. The molecule has 0 amide bonds. The Kier molecular flexibility index (Phi) is 6.05. The van der Waals surface area contributed by atoms with Gasteiger partial charge in [0.25, 0.3) is 0 Å². The number of benzene rings is 2. The highest BCUT2D eigenvalue weighted by Crippen LogP contribution is 2.30. The molecule has 0 saturated heterocycles. The molecule has 2 aromatic rings. The molecule has 0 aliphatic carbocycles. The first-order valence-electron chi connectivity index (χ1n) is 7.39.